The molecule has 0 aliphatic rings. The smallest absolute Gasteiger partial charge is 0.254 e. The molecule has 0 unspecified atom stereocenters. The van der Waals surface area contributed by atoms with Crippen LogP contribution in [0.2, 0.25) is 0 Å². The van der Waals surface area contributed by atoms with Crippen molar-refractivity contribution in [2.75, 3.05) is 20.2 Å². The molecule has 0 fully saturated rings. The molecule has 0 heterocycles. The summed E-state index contributed by atoms with van der Waals surface area (Å²) in [4.78, 5) is 15.1. The molecule has 0 aliphatic carbocycles. The Morgan fingerprint density at radius 2 is 1.48 bits per heavy atom. The van der Waals surface area contributed by atoms with E-state index in [1.807, 2.05) is 27.7 Å². The van der Waals surface area contributed by atoms with E-state index < -0.39 is 0 Å². The monoisotopic (exact) mass is 371 g/mol. The van der Waals surface area contributed by atoms with Crippen LogP contribution in [0.4, 0.5) is 0 Å². The molecule has 5 nitrogen and oxygen atoms in total. The zero-order chi connectivity index (χ0) is 20.1. The standard InChI is InChI=1S/C22H29NO4/c1-6-14(7-2)17(22(26)23(8-3)9-4)18-19(24)15-12-10-11-13-16(15)20(25)21(18)27-5/h10-13,24-25H,6-9H2,1-5H3. The van der Waals surface area contributed by atoms with Crippen molar-refractivity contribution >= 4 is 22.3 Å². The highest BCUT2D eigenvalue weighted by atomic mass is 16.5. The van der Waals surface area contributed by atoms with Crippen LogP contribution in [-0.4, -0.2) is 41.2 Å². The van der Waals surface area contributed by atoms with Gasteiger partial charge in [0.15, 0.2) is 11.5 Å². The summed E-state index contributed by atoms with van der Waals surface area (Å²) in [6.45, 7) is 8.93. The van der Waals surface area contributed by atoms with E-state index in [0.717, 1.165) is 5.57 Å². The highest BCUT2D eigenvalue weighted by Crippen LogP contribution is 2.49. The molecular weight excluding hydrogens is 342 g/mol. The van der Waals surface area contributed by atoms with Gasteiger partial charge in [-0.05, 0) is 26.7 Å². The number of allylic oxidation sites excluding steroid dienone is 1. The number of carbonyl (C=O) groups excluding carboxylic acids is 1. The highest BCUT2D eigenvalue weighted by molar-refractivity contribution is 6.23. The number of ether oxygens (including phenoxy) is 1. The van der Waals surface area contributed by atoms with Crippen LogP contribution in [0.3, 0.4) is 0 Å². The lowest BCUT2D eigenvalue weighted by molar-refractivity contribution is -0.124. The number of fused-ring (bicyclic) bond motifs is 1. The summed E-state index contributed by atoms with van der Waals surface area (Å²) in [6, 6.07) is 7.01. The molecule has 27 heavy (non-hydrogen) atoms. The largest absolute Gasteiger partial charge is 0.506 e. The van der Waals surface area contributed by atoms with Gasteiger partial charge < -0.3 is 19.8 Å². The molecule has 2 rings (SSSR count). The average molecular weight is 371 g/mol. The van der Waals surface area contributed by atoms with Gasteiger partial charge in [-0.25, -0.2) is 0 Å². The molecule has 0 aromatic heterocycles. The molecule has 5 heteroatoms. The second-order valence-corrected chi connectivity index (χ2v) is 6.31. The van der Waals surface area contributed by atoms with Crippen LogP contribution in [0.1, 0.15) is 46.1 Å². The second-order valence-electron chi connectivity index (χ2n) is 6.31. The van der Waals surface area contributed by atoms with Crippen molar-refractivity contribution in [2.24, 2.45) is 0 Å². The average Bonchev–Trinajstić information content (AvgIpc) is 2.70. The molecule has 0 aliphatic heterocycles. The minimum Gasteiger partial charge on any atom is -0.506 e. The zero-order valence-electron chi connectivity index (χ0n) is 16.8. The molecule has 1 amide bonds. The number of hydrogen-bond donors (Lipinski definition) is 2. The molecule has 0 radical (unpaired) electrons. The minimum atomic E-state index is -0.165. The van der Waals surface area contributed by atoms with Crippen molar-refractivity contribution in [1.82, 2.24) is 4.90 Å². The summed E-state index contributed by atoms with van der Waals surface area (Å²) in [6.07, 6.45) is 1.32. The maximum absolute atomic E-state index is 13.4. The summed E-state index contributed by atoms with van der Waals surface area (Å²) >= 11 is 0. The van der Waals surface area contributed by atoms with Gasteiger partial charge in [-0.3, -0.25) is 4.79 Å². The van der Waals surface area contributed by atoms with Gasteiger partial charge in [-0.15, -0.1) is 0 Å². The Bertz CT molecular complexity index is 860. The second kappa shape index (κ2) is 8.80. The van der Waals surface area contributed by atoms with Crippen molar-refractivity contribution in [1.29, 1.82) is 0 Å². The first-order valence-electron chi connectivity index (χ1n) is 9.48. The number of methoxy groups -OCH3 is 1. The molecule has 0 bridgehead atoms. The first-order valence-corrected chi connectivity index (χ1v) is 9.48. The van der Waals surface area contributed by atoms with Gasteiger partial charge in [0.25, 0.3) is 5.91 Å². The van der Waals surface area contributed by atoms with Crippen LogP contribution in [0.5, 0.6) is 17.2 Å². The van der Waals surface area contributed by atoms with E-state index in [1.165, 1.54) is 7.11 Å². The van der Waals surface area contributed by atoms with Gasteiger partial charge in [0, 0.05) is 23.9 Å². The van der Waals surface area contributed by atoms with Crippen LogP contribution in [0, 0.1) is 0 Å². The maximum atomic E-state index is 13.4. The van der Waals surface area contributed by atoms with Crippen molar-refractivity contribution in [3.8, 4) is 17.2 Å². The van der Waals surface area contributed by atoms with Crippen LogP contribution < -0.4 is 4.74 Å². The Kier molecular flexibility index (Phi) is 6.72. The third-order valence-corrected chi connectivity index (χ3v) is 5.04. The number of nitrogens with zero attached hydrogens (tertiary/aromatic N) is 1. The number of amides is 1. The minimum absolute atomic E-state index is 0.0462. The summed E-state index contributed by atoms with van der Waals surface area (Å²) in [5, 5.41) is 22.8. The topological polar surface area (TPSA) is 70.0 Å². The lowest BCUT2D eigenvalue weighted by Gasteiger charge is -2.25. The predicted octanol–water partition coefficient (Wildman–Crippen LogP) is 4.70. The molecule has 2 N–H and O–H groups in total. The Morgan fingerprint density at radius 1 is 0.963 bits per heavy atom. The zero-order valence-corrected chi connectivity index (χ0v) is 16.8. The highest BCUT2D eigenvalue weighted by Gasteiger charge is 2.29. The number of likely N-dealkylation sites (N-methyl/N-ethyl adjacent to an activating group) is 1. The first kappa shape index (κ1) is 20.6. The van der Waals surface area contributed by atoms with Gasteiger partial charge in [0.05, 0.1) is 18.2 Å². The van der Waals surface area contributed by atoms with Crippen LogP contribution >= 0.6 is 0 Å². The van der Waals surface area contributed by atoms with Gasteiger partial charge in [0.1, 0.15) is 5.75 Å². The summed E-state index contributed by atoms with van der Waals surface area (Å²) < 4.78 is 5.47. The Labute approximate surface area is 160 Å². The van der Waals surface area contributed by atoms with Crippen molar-refractivity contribution in [2.45, 2.75) is 40.5 Å². The van der Waals surface area contributed by atoms with Crippen molar-refractivity contribution in [3.05, 3.63) is 35.4 Å². The number of phenols is 2. The molecule has 146 valence electrons. The SMILES string of the molecule is CCC(CC)=C(C(=O)N(CC)CC)c1c(OC)c(O)c2ccccc2c1O. The van der Waals surface area contributed by atoms with E-state index in [0.29, 0.717) is 42.3 Å². The number of phenolic OH excluding ortho intramolecular Hbond substituents is 2. The summed E-state index contributed by atoms with van der Waals surface area (Å²) in [5.74, 6) is -0.157. The van der Waals surface area contributed by atoms with E-state index in [2.05, 4.69) is 0 Å². The number of rotatable bonds is 7. The summed E-state index contributed by atoms with van der Waals surface area (Å²) in [7, 11) is 1.43. The normalized spacial score (nSPS) is 10.7. The Balaban J connectivity index is 2.96. The molecule has 0 saturated carbocycles. The molecule has 2 aromatic rings. The molecular formula is C22H29NO4. The van der Waals surface area contributed by atoms with E-state index in [4.69, 9.17) is 4.74 Å². The Morgan fingerprint density at radius 3 is 1.93 bits per heavy atom. The first-order chi connectivity index (χ1) is 13.0. The number of hydrogen-bond acceptors (Lipinski definition) is 4. The van der Waals surface area contributed by atoms with E-state index >= 15 is 0 Å². The van der Waals surface area contributed by atoms with E-state index in [-0.39, 0.29) is 28.7 Å². The quantitative estimate of drug-likeness (QED) is 0.547. The predicted molar refractivity (Wildman–Crippen MR) is 109 cm³/mol. The van der Waals surface area contributed by atoms with Crippen LogP contribution in [0.15, 0.2) is 29.8 Å². The van der Waals surface area contributed by atoms with Crippen LogP contribution in [0.25, 0.3) is 16.3 Å². The maximum Gasteiger partial charge on any atom is 0.254 e. The van der Waals surface area contributed by atoms with Crippen molar-refractivity contribution in [3.63, 3.8) is 0 Å². The number of benzene rings is 2. The fourth-order valence-corrected chi connectivity index (χ4v) is 3.52. The van der Waals surface area contributed by atoms with E-state index in [1.54, 1.807) is 29.2 Å². The fraction of sp³-hybridized carbons (Fsp3) is 0.409. The molecule has 0 saturated heterocycles. The molecule has 0 spiro atoms. The van der Waals surface area contributed by atoms with E-state index in [9.17, 15) is 15.0 Å². The van der Waals surface area contributed by atoms with Gasteiger partial charge in [0.2, 0.25) is 0 Å². The lowest BCUT2D eigenvalue weighted by atomic mass is 9.91. The van der Waals surface area contributed by atoms with Crippen molar-refractivity contribution < 1.29 is 19.7 Å². The number of carbonyl (C=O) groups is 1. The molecule has 0 atom stereocenters. The summed E-state index contributed by atoms with van der Waals surface area (Å²) in [5.41, 5.74) is 1.60. The lowest BCUT2D eigenvalue weighted by Crippen LogP contribution is -2.32. The third-order valence-electron chi connectivity index (χ3n) is 5.04. The third kappa shape index (κ3) is 3.59. The Hall–Kier alpha value is -2.69. The van der Waals surface area contributed by atoms with Gasteiger partial charge >= 0.3 is 0 Å². The van der Waals surface area contributed by atoms with Gasteiger partial charge in [-0.1, -0.05) is 43.7 Å². The molecule has 2 aromatic carbocycles. The fourth-order valence-electron chi connectivity index (χ4n) is 3.52. The van der Waals surface area contributed by atoms with Gasteiger partial charge in [-0.2, -0.15) is 0 Å². The number of aromatic hydroxyl groups is 2. The van der Waals surface area contributed by atoms with Crippen LogP contribution in [-0.2, 0) is 4.79 Å².